The molecule has 0 aliphatic carbocycles. The predicted molar refractivity (Wildman–Crippen MR) is 110 cm³/mol. The third-order valence-corrected chi connectivity index (χ3v) is 4.68. The lowest BCUT2D eigenvalue weighted by molar-refractivity contribution is -0.385. The number of aromatic nitrogens is 1. The first-order chi connectivity index (χ1) is 14.0. The first kappa shape index (κ1) is 20.4. The van der Waals surface area contributed by atoms with Gasteiger partial charge >= 0.3 is 0 Å². The zero-order chi connectivity index (χ0) is 20.6. The van der Waals surface area contributed by atoms with E-state index in [-0.39, 0.29) is 24.8 Å². The number of aryl methyl sites for hydroxylation is 1. The molecule has 0 fully saturated rings. The Morgan fingerprint density at radius 2 is 2.00 bits per heavy atom. The molecule has 1 N–H and O–H groups in total. The number of nitrogens with zero attached hydrogens (tertiary/aromatic N) is 2. The molecule has 0 bridgehead atoms. The second kappa shape index (κ2) is 9.76. The molecule has 8 nitrogen and oxygen atoms in total. The zero-order valence-electron chi connectivity index (χ0n) is 15.7. The third-order valence-electron chi connectivity index (χ3n) is 3.92. The number of para-hydroxylation sites is 1. The minimum absolute atomic E-state index is 0.0345. The molecular weight excluding hydrogens is 394 g/mol. The Morgan fingerprint density at radius 1 is 1.21 bits per heavy atom. The second-order valence-electron chi connectivity index (χ2n) is 6.06. The van der Waals surface area contributed by atoms with Crippen LogP contribution < -0.4 is 10.1 Å². The Kier molecular flexibility index (Phi) is 6.88. The molecule has 3 rings (SSSR count). The lowest BCUT2D eigenvalue weighted by Crippen LogP contribution is -2.20. The van der Waals surface area contributed by atoms with Crippen molar-refractivity contribution in [3.05, 3.63) is 69.6 Å². The molecule has 0 saturated carbocycles. The summed E-state index contributed by atoms with van der Waals surface area (Å²) in [7, 11) is 0. The number of nitro groups is 1. The number of nitro benzene ring substituents is 1. The summed E-state index contributed by atoms with van der Waals surface area (Å²) < 4.78 is 10.8. The van der Waals surface area contributed by atoms with Crippen LogP contribution in [0, 0.1) is 17.0 Å². The van der Waals surface area contributed by atoms with Gasteiger partial charge < -0.3 is 9.47 Å². The fourth-order valence-corrected chi connectivity index (χ4v) is 3.22. The van der Waals surface area contributed by atoms with Crippen LogP contribution in [0.3, 0.4) is 0 Å². The topological polar surface area (TPSA) is 104 Å². The van der Waals surface area contributed by atoms with Gasteiger partial charge in [-0.05, 0) is 19.1 Å². The van der Waals surface area contributed by atoms with Crippen molar-refractivity contribution in [1.29, 1.82) is 0 Å². The van der Waals surface area contributed by atoms with Crippen LogP contribution in [-0.4, -0.2) is 35.6 Å². The Bertz CT molecular complexity index is 991. The Hall–Kier alpha value is -3.30. The van der Waals surface area contributed by atoms with Gasteiger partial charge in [-0.2, -0.15) is 0 Å². The van der Waals surface area contributed by atoms with E-state index >= 15 is 0 Å². The summed E-state index contributed by atoms with van der Waals surface area (Å²) in [5.74, 6) is 0.410. The van der Waals surface area contributed by atoms with E-state index in [9.17, 15) is 14.9 Å². The number of amides is 1. The SMILES string of the molecule is Cc1ccc(-c2csc(NC(=O)COCCOc3ccccc3)n2)cc1[N+](=O)[O-]. The van der Waals surface area contributed by atoms with Crippen molar-refractivity contribution in [2.75, 3.05) is 25.1 Å². The molecule has 0 radical (unpaired) electrons. The predicted octanol–water partition coefficient (Wildman–Crippen LogP) is 4.06. The smallest absolute Gasteiger partial charge is 0.272 e. The number of ether oxygens (including phenoxy) is 2. The average molecular weight is 413 g/mol. The van der Waals surface area contributed by atoms with Crippen LogP contribution in [-0.2, 0) is 9.53 Å². The maximum Gasteiger partial charge on any atom is 0.272 e. The maximum atomic E-state index is 12.0. The number of rotatable bonds is 9. The van der Waals surface area contributed by atoms with E-state index in [2.05, 4.69) is 10.3 Å². The highest BCUT2D eigenvalue weighted by Gasteiger charge is 2.14. The van der Waals surface area contributed by atoms with Crippen molar-refractivity contribution in [3.63, 3.8) is 0 Å². The minimum Gasteiger partial charge on any atom is -0.491 e. The number of nitrogens with one attached hydrogen (secondary N) is 1. The first-order valence-electron chi connectivity index (χ1n) is 8.79. The molecule has 2 aromatic carbocycles. The fourth-order valence-electron chi connectivity index (χ4n) is 2.48. The summed E-state index contributed by atoms with van der Waals surface area (Å²) in [5.41, 5.74) is 1.79. The molecule has 150 valence electrons. The highest BCUT2D eigenvalue weighted by molar-refractivity contribution is 7.14. The van der Waals surface area contributed by atoms with Gasteiger partial charge in [0.15, 0.2) is 5.13 Å². The summed E-state index contributed by atoms with van der Waals surface area (Å²) in [6, 6.07) is 14.3. The van der Waals surface area contributed by atoms with Crippen molar-refractivity contribution in [1.82, 2.24) is 4.98 Å². The lowest BCUT2D eigenvalue weighted by Gasteiger charge is -2.06. The normalized spacial score (nSPS) is 10.5. The highest BCUT2D eigenvalue weighted by atomic mass is 32.1. The van der Waals surface area contributed by atoms with Gasteiger partial charge in [0.1, 0.15) is 19.0 Å². The van der Waals surface area contributed by atoms with E-state index in [4.69, 9.17) is 9.47 Å². The standard InChI is InChI=1S/C20H19N3O5S/c1-14-7-8-15(11-18(14)23(25)26)17-13-29-20(21-17)22-19(24)12-27-9-10-28-16-5-3-2-4-6-16/h2-8,11,13H,9-10,12H2,1H3,(H,21,22,24). The van der Waals surface area contributed by atoms with E-state index < -0.39 is 4.92 Å². The van der Waals surface area contributed by atoms with Crippen LogP contribution in [0.4, 0.5) is 10.8 Å². The number of carbonyl (C=O) groups is 1. The Labute approximate surface area is 171 Å². The molecule has 1 aromatic heterocycles. The number of benzene rings is 2. The maximum absolute atomic E-state index is 12.0. The van der Waals surface area contributed by atoms with Crippen LogP contribution in [0.1, 0.15) is 5.56 Å². The van der Waals surface area contributed by atoms with Gasteiger partial charge in [0.25, 0.3) is 11.6 Å². The largest absolute Gasteiger partial charge is 0.491 e. The van der Waals surface area contributed by atoms with Crippen LogP contribution in [0.5, 0.6) is 5.75 Å². The van der Waals surface area contributed by atoms with Crippen molar-refractivity contribution in [2.45, 2.75) is 6.92 Å². The quantitative estimate of drug-likeness (QED) is 0.322. The van der Waals surface area contributed by atoms with Gasteiger partial charge in [-0.3, -0.25) is 20.2 Å². The van der Waals surface area contributed by atoms with Crippen LogP contribution in [0.15, 0.2) is 53.9 Å². The molecule has 0 saturated heterocycles. The molecule has 9 heteroatoms. The van der Waals surface area contributed by atoms with Crippen molar-refractivity contribution < 1.29 is 19.2 Å². The Morgan fingerprint density at radius 3 is 2.76 bits per heavy atom. The molecule has 1 amide bonds. The van der Waals surface area contributed by atoms with Gasteiger partial charge in [0, 0.05) is 22.6 Å². The summed E-state index contributed by atoms with van der Waals surface area (Å²) in [6.45, 7) is 2.17. The molecular formula is C20H19N3O5S. The Balaban J connectivity index is 1.46. The summed E-state index contributed by atoms with van der Waals surface area (Å²) in [6.07, 6.45) is 0. The zero-order valence-corrected chi connectivity index (χ0v) is 16.5. The molecule has 0 aliphatic rings. The summed E-state index contributed by atoms with van der Waals surface area (Å²) in [4.78, 5) is 27.0. The first-order valence-corrected chi connectivity index (χ1v) is 9.67. The number of anilines is 1. The van der Waals surface area contributed by atoms with E-state index in [1.54, 1.807) is 24.4 Å². The fraction of sp³-hybridized carbons (Fsp3) is 0.200. The van der Waals surface area contributed by atoms with Crippen LogP contribution in [0.25, 0.3) is 11.3 Å². The number of hydrogen-bond acceptors (Lipinski definition) is 7. The van der Waals surface area contributed by atoms with Crippen molar-refractivity contribution in [3.8, 4) is 17.0 Å². The molecule has 3 aromatic rings. The average Bonchev–Trinajstić information content (AvgIpc) is 3.17. The van der Waals surface area contributed by atoms with Gasteiger partial charge in [0.05, 0.1) is 17.2 Å². The van der Waals surface area contributed by atoms with Crippen molar-refractivity contribution in [2.24, 2.45) is 0 Å². The molecule has 0 unspecified atom stereocenters. The van der Waals surface area contributed by atoms with Gasteiger partial charge in [0.2, 0.25) is 0 Å². The second-order valence-corrected chi connectivity index (χ2v) is 6.92. The van der Waals surface area contributed by atoms with Crippen LogP contribution >= 0.6 is 11.3 Å². The number of thiazole rings is 1. The molecule has 29 heavy (non-hydrogen) atoms. The van der Waals surface area contributed by atoms with E-state index in [1.807, 2.05) is 30.3 Å². The minimum atomic E-state index is -0.424. The van der Waals surface area contributed by atoms with Crippen molar-refractivity contribution >= 4 is 28.1 Å². The van der Waals surface area contributed by atoms with E-state index in [0.29, 0.717) is 28.6 Å². The van der Waals surface area contributed by atoms with Gasteiger partial charge in [-0.15, -0.1) is 11.3 Å². The molecule has 0 atom stereocenters. The third kappa shape index (κ3) is 5.84. The highest BCUT2D eigenvalue weighted by Crippen LogP contribution is 2.29. The summed E-state index contributed by atoms with van der Waals surface area (Å²) in [5, 5.41) is 15.9. The van der Waals surface area contributed by atoms with Gasteiger partial charge in [-0.25, -0.2) is 4.98 Å². The van der Waals surface area contributed by atoms with Crippen LogP contribution in [0.2, 0.25) is 0 Å². The van der Waals surface area contributed by atoms with E-state index in [0.717, 1.165) is 5.75 Å². The molecule has 0 aliphatic heterocycles. The lowest BCUT2D eigenvalue weighted by atomic mass is 10.1. The number of carbonyl (C=O) groups excluding carboxylic acids is 1. The van der Waals surface area contributed by atoms with Gasteiger partial charge in [-0.1, -0.05) is 30.3 Å². The summed E-state index contributed by atoms with van der Waals surface area (Å²) >= 11 is 1.24. The number of hydrogen-bond donors (Lipinski definition) is 1. The monoisotopic (exact) mass is 413 g/mol. The van der Waals surface area contributed by atoms with E-state index in [1.165, 1.54) is 17.4 Å². The molecule has 1 heterocycles. The molecule has 0 spiro atoms.